The molecule has 0 bridgehead atoms. The minimum Gasteiger partial charge on any atom is -0.496 e. The summed E-state index contributed by atoms with van der Waals surface area (Å²) in [6, 6.07) is 3.40. The minimum atomic E-state index is 0.0101. The molecule has 120 valence electrons. The van der Waals surface area contributed by atoms with E-state index in [0.29, 0.717) is 35.7 Å². The number of hydrogen-bond acceptors (Lipinski definition) is 4. The van der Waals surface area contributed by atoms with Crippen molar-refractivity contribution in [1.29, 1.82) is 0 Å². The maximum atomic E-state index is 11.1. The lowest BCUT2D eigenvalue weighted by Gasteiger charge is -2.27. The van der Waals surface area contributed by atoms with E-state index in [1.807, 2.05) is 0 Å². The third kappa shape index (κ3) is 4.42. The van der Waals surface area contributed by atoms with Crippen LogP contribution in [0.5, 0.6) is 17.2 Å². The first-order valence-corrected chi connectivity index (χ1v) is 7.31. The first-order valence-electron chi connectivity index (χ1n) is 7.31. The Kier molecular flexibility index (Phi) is 6.78. The molecule has 1 atom stereocenters. The predicted molar refractivity (Wildman–Crippen MR) is 86.9 cm³/mol. The van der Waals surface area contributed by atoms with E-state index in [-0.39, 0.29) is 5.41 Å². The molecule has 1 aromatic carbocycles. The summed E-state index contributed by atoms with van der Waals surface area (Å²) < 4.78 is 16.3. The highest BCUT2D eigenvalue weighted by molar-refractivity contribution is 5.84. The Balaban J connectivity index is 2.94. The van der Waals surface area contributed by atoms with Gasteiger partial charge in [-0.15, -0.1) is 12.3 Å². The Labute approximate surface area is 132 Å². The van der Waals surface area contributed by atoms with E-state index in [1.54, 1.807) is 12.1 Å². The summed E-state index contributed by atoms with van der Waals surface area (Å²) in [6.45, 7) is 4.81. The molecule has 0 fully saturated rings. The molecule has 0 saturated carbocycles. The van der Waals surface area contributed by atoms with Gasteiger partial charge in [0.05, 0.1) is 26.4 Å². The predicted octanol–water partition coefficient (Wildman–Crippen LogP) is 3.72. The average Bonchev–Trinajstić information content (AvgIpc) is 2.56. The maximum Gasteiger partial charge on any atom is 0.157 e. The largest absolute Gasteiger partial charge is 0.496 e. The molecule has 0 N–H and O–H groups in total. The number of hydrogen-bond donors (Lipinski definition) is 0. The van der Waals surface area contributed by atoms with Gasteiger partial charge in [0.1, 0.15) is 17.2 Å². The van der Waals surface area contributed by atoms with Crippen LogP contribution in [-0.2, 0) is 0 Å². The molecule has 1 aromatic rings. The van der Waals surface area contributed by atoms with Crippen LogP contribution < -0.4 is 14.2 Å². The monoisotopic (exact) mass is 304 g/mol. The van der Waals surface area contributed by atoms with Gasteiger partial charge < -0.3 is 14.2 Å². The van der Waals surface area contributed by atoms with Crippen molar-refractivity contribution in [3.63, 3.8) is 0 Å². The molecule has 22 heavy (non-hydrogen) atoms. The Morgan fingerprint density at radius 1 is 1.27 bits per heavy atom. The molecule has 0 aliphatic carbocycles. The van der Waals surface area contributed by atoms with Crippen LogP contribution >= 0.6 is 0 Å². The zero-order valence-electron chi connectivity index (χ0n) is 13.8. The number of ether oxygens (including phenoxy) is 3. The highest BCUT2D eigenvalue weighted by Gasteiger charge is 2.23. The molecule has 1 rings (SSSR count). The minimum absolute atomic E-state index is 0.0101. The Morgan fingerprint density at radius 2 is 1.86 bits per heavy atom. The van der Waals surface area contributed by atoms with Crippen molar-refractivity contribution in [2.24, 2.45) is 5.41 Å². The van der Waals surface area contributed by atoms with Crippen molar-refractivity contribution in [2.75, 3.05) is 20.8 Å². The van der Waals surface area contributed by atoms with Crippen molar-refractivity contribution < 1.29 is 19.0 Å². The quantitative estimate of drug-likeness (QED) is 0.515. The molecular formula is C18H24O4. The second-order valence-electron chi connectivity index (χ2n) is 5.52. The van der Waals surface area contributed by atoms with Gasteiger partial charge in [-0.05, 0) is 12.8 Å². The van der Waals surface area contributed by atoms with Crippen LogP contribution in [0.2, 0.25) is 0 Å². The molecule has 0 saturated heterocycles. The molecule has 1 unspecified atom stereocenters. The molecule has 0 spiro atoms. The zero-order chi connectivity index (χ0) is 16.6. The molecule has 0 aromatic heterocycles. The Hall–Kier alpha value is -2.15. The summed E-state index contributed by atoms with van der Waals surface area (Å²) in [5.41, 5.74) is 0.388. The molecule has 0 aliphatic heterocycles. The number of methoxy groups -OCH3 is 2. The van der Waals surface area contributed by atoms with Crippen LogP contribution in [0.4, 0.5) is 0 Å². The number of carbonyl (C=O) groups excluding carboxylic acids is 1. The van der Waals surface area contributed by atoms with Crippen LogP contribution in [0.3, 0.4) is 0 Å². The average molecular weight is 304 g/mol. The topological polar surface area (TPSA) is 44.8 Å². The summed E-state index contributed by atoms with van der Waals surface area (Å²) in [7, 11) is 3.02. The van der Waals surface area contributed by atoms with Gasteiger partial charge in [0, 0.05) is 24.0 Å². The molecule has 4 nitrogen and oxygen atoms in total. The van der Waals surface area contributed by atoms with Gasteiger partial charge in [0.2, 0.25) is 0 Å². The van der Waals surface area contributed by atoms with Crippen molar-refractivity contribution in [3.05, 3.63) is 17.7 Å². The third-order valence-electron chi connectivity index (χ3n) is 3.95. The fourth-order valence-electron chi connectivity index (χ4n) is 2.10. The van der Waals surface area contributed by atoms with Crippen LogP contribution in [0.15, 0.2) is 12.1 Å². The van der Waals surface area contributed by atoms with E-state index in [4.69, 9.17) is 20.6 Å². The Morgan fingerprint density at radius 3 is 2.27 bits per heavy atom. The lowest BCUT2D eigenvalue weighted by atomic mass is 9.84. The van der Waals surface area contributed by atoms with Gasteiger partial charge in [0.25, 0.3) is 0 Å². The zero-order valence-corrected chi connectivity index (χ0v) is 13.8. The SMILES string of the molecule is C#CCCC(C)(CC)COc1cc(OC)c(C=O)c(OC)c1. The first kappa shape index (κ1) is 17.9. The van der Waals surface area contributed by atoms with Crippen LogP contribution in [0.25, 0.3) is 0 Å². The van der Waals surface area contributed by atoms with Crippen molar-refractivity contribution in [1.82, 2.24) is 0 Å². The standard InChI is InChI=1S/C18H24O4/c1-6-8-9-18(3,7-2)13-22-14-10-16(20-4)15(12-19)17(11-14)21-5/h1,10-12H,7-9,13H2,2-5H3. The lowest BCUT2D eigenvalue weighted by Crippen LogP contribution is -2.24. The van der Waals surface area contributed by atoms with E-state index < -0.39 is 0 Å². The van der Waals surface area contributed by atoms with Gasteiger partial charge in [0.15, 0.2) is 6.29 Å². The number of rotatable bonds is 9. The van der Waals surface area contributed by atoms with E-state index in [1.165, 1.54) is 14.2 Å². The lowest BCUT2D eigenvalue weighted by molar-refractivity contribution is 0.111. The number of aldehydes is 1. The van der Waals surface area contributed by atoms with Crippen LogP contribution in [0.1, 0.15) is 43.5 Å². The van der Waals surface area contributed by atoms with Crippen molar-refractivity contribution >= 4 is 6.29 Å². The van der Waals surface area contributed by atoms with Crippen LogP contribution in [-0.4, -0.2) is 27.1 Å². The summed E-state index contributed by atoms with van der Waals surface area (Å²) in [4.78, 5) is 11.1. The molecule has 0 aliphatic rings. The fourth-order valence-corrected chi connectivity index (χ4v) is 2.10. The van der Waals surface area contributed by atoms with Gasteiger partial charge >= 0.3 is 0 Å². The second-order valence-corrected chi connectivity index (χ2v) is 5.52. The molecule has 0 radical (unpaired) electrons. The summed E-state index contributed by atoms with van der Waals surface area (Å²) in [5.74, 6) is 4.16. The van der Waals surface area contributed by atoms with E-state index in [0.717, 1.165) is 19.3 Å². The van der Waals surface area contributed by atoms with E-state index >= 15 is 0 Å². The van der Waals surface area contributed by atoms with E-state index in [9.17, 15) is 4.79 Å². The van der Waals surface area contributed by atoms with Crippen LogP contribution in [0, 0.1) is 17.8 Å². The molecule has 4 heteroatoms. The van der Waals surface area contributed by atoms with Gasteiger partial charge in [-0.1, -0.05) is 13.8 Å². The summed E-state index contributed by atoms with van der Waals surface area (Å²) in [5, 5.41) is 0. The van der Waals surface area contributed by atoms with Gasteiger partial charge in [-0.2, -0.15) is 0 Å². The number of benzene rings is 1. The summed E-state index contributed by atoms with van der Waals surface area (Å²) in [6.07, 6.45) is 8.66. The fraction of sp³-hybridized carbons (Fsp3) is 0.500. The highest BCUT2D eigenvalue weighted by atomic mass is 16.5. The van der Waals surface area contributed by atoms with Crippen molar-refractivity contribution in [2.45, 2.75) is 33.1 Å². The Bertz CT molecular complexity index is 520. The third-order valence-corrected chi connectivity index (χ3v) is 3.95. The normalized spacial score (nSPS) is 12.9. The highest BCUT2D eigenvalue weighted by Crippen LogP contribution is 2.34. The smallest absolute Gasteiger partial charge is 0.157 e. The van der Waals surface area contributed by atoms with Gasteiger partial charge in [-0.3, -0.25) is 4.79 Å². The number of carbonyl (C=O) groups is 1. The second kappa shape index (κ2) is 8.33. The van der Waals surface area contributed by atoms with E-state index in [2.05, 4.69) is 19.8 Å². The maximum absolute atomic E-state index is 11.1. The summed E-state index contributed by atoms with van der Waals surface area (Å²) >= 11 is 0. The number of terminal acetylenes is 1. The first-order chi connectivity index (χ1) is 10.5. The molecular weight excluding hydrogens is 280 g/mol. The van der Waals surface area contributed by atoms with Gasteiger partial charge in [-0.25, -0.2) is 0 Å². The van der Waals surface area contributed by atoms with Crippen molar-refractivity contribution in [3.8, 4) is 29.6 Å². The molecule has 0 amide bonds. The molecule has 0 heterocycles.